The monoisotopic (exact) mass is 270 g/mol. The van der Waals surface area contributed by atoms with Crippen LogP contribution in [-0.4, -0.2) is 23.2 Å². The van der Waals surface area contributed by atoms with Gasteiger partial charge in [0.05, 0.1) is 12.1 Å². The summed E-state index contributed by atoms with van der Waals surface area (Å²) in [7, 11) is 0. The molecule has 1 saturated heterocycles. The first-order valence-corrected chi connectivity index (χ1v) is 7.33. The second-order valence-corrected chi connectivity index (χ2v) is 6.47. The molecule has 0 bridgehead atoms. The predicted molar refractivity (Wildman–Crippen MR) is 82.9 cm³/mol. The third kappa shape index (κ3) is 2.50. The van der Waals surface area contributed by atoms with E-state index in [1.807, 2.05) is 30.3 Å². The van der Waals surface area contributed by atoms with E-state index in [2.05, 4.69) is 18.7 Å². The van der Waals surface area contributed by atoms with Crippen molar-refractivity contribution in [3.63, 3.8) is 0 Å². The van der Waals surface area contributed by atoms with E-state index in [9.17, 15) is 5.11 Å². The minimum Gasteiger partial charge on any atom is -0.392 e. The fraction of sp³-hybridized carbons (Fsp3) is 0.471. The second kappa shape index (κ2) is 5.06. The Morgan fingerprint density at radius 2 is 1.90 bits per heavy atom. The molecule has 3 heteroatoms. The summed E-state index contributed by atoms with van der Waals surface area (Å²) in [5.41, 5.74) is 2.38. The maximum Gasteiger partial charge on any atom is 0.129 e. The Balaban J connectivity index is 1.96. The fourth-order valence-corrected chi connectivity index (χ4v) is 2.87. The second-order valence-electron chi connectivity index (χ2n) is 6.47. The number of hydrogen-bond acceptors (Lipinski definition) is 3. The number of nitrogens with zero attached hydrogens (tertiary/aromatic N) is 2. The van der Waals surface area contributed by atoms with Crippen LogP contribution in [-0.2, 0) is 6.61 Å². The summed E-state index contributed by atoms with van der Waals surface area (Å²) in [4.78, 5) is 7.11. The van der Waals surface area contributed by atoms with E-state index in [1.54, 1.807) is 0 Å². The van der Waals surface area contributed by atoms with E-state index in [4.69, 9.17) is 4.98 Å². The molecule has 1 aliphatic heterocycles. The van der Waals surface area contributed by atoms with Crippen molar-refractivity contribution in [1.82, 2.24) is 4.98 Å². The summed E-state index contributed by atoms with van der Waals surface area (Å²) >= 11 is 0. The van der Waals surface area contributed by atoms with Crippen LogP contribution in [0.3, 0.4) is 0 Å². The van der Waals surface area contributed by atoms with Gasteiger partial charge in [0.2, 0.25) is 0 Å². The van der Waals surface area contributed by atoms with Crippen molar-refractivity contribution in [2.75, 3.05) is 18.0 Å². The summed E-state index contributed by atoms with van der Waals surface area (Å²) in [6, 6.07) is 10.1. The number of benzene rings is 1. The SMILES string of the molecule is CC1(C)CCN(c2cc(CO)c3ccccc3n2)CC1. The van der Waals surface area contributed by atoms with Gasteiger partial charge < -0.3 is 10.0 Å². The smallest absolute Gasteiger partial charge is 0.129 e. The molecule has 1 aromatic heterocycles. The minimum absolute atomic E-state index is 0.0648. The number of pyridine rings is 1. The number of aliphatic hydroxyl groups excluding tert-OH is 1. The average molecular weight is 270 g/mol. The highest BCUT2D eigenvalue weighted by Crippen LogP contribution is 2.32. The summed E-state index contributed by atoms with van der Waals surface area (Å²) in [6.07, 6.45) is 2.38. The molecule has 0 radical (unpaired) electrons. The lowest BCUT2D eigenvalue weighted by Crippen LogP contribution is -2.37. The van der Waals surface area contributed by atoms with Gasteiger partial charge in [-0.2, -0.15) is 0 Å². The largest absolute Gasteiger partial charge is 0.392 e. The number of aromatic nitrogens is 1. The van der Waals surface area contributed by atoms with E-state index in [0.29, 0.717) is 5.41 Å². The molecule has 2 heterocycles. The molecule has 3 nitrogen and oxygen atoms in total. The van der Waals surface area contributed by atoms with Crippen molar-refractivity contribution in [2.45, 2.75) is 33.3 Å². The van der Waals surface area contributed by atoms with Gasteiger partial charge in [0.1, 0.15) is 5.82 Å². The Kier molecular flexibility index (Phi) is 3.38. The molecule has 0 amide bonds. The van der Waals surface area contributed by atoms with Gasteiger partial charge in [-0.05, 0) is 36.0 Å². The Labute approximate surface area is 120 Å². The zero-order valence-corrected chi connectivity index (χ0v) is 12.3. The van der Waals surface area contributed by atoms with Crippen LogP contribution in [0, 0.1) is 5.41 Å². The fourth-order valence-electron chi connectivity index (χ4n) is 2.87. The quantitative estimate of drug-likeness (QED) is 0.909. The molecule has 3 rings (SSSR count). The highest BCUT2D eigenvalue weighted by molar-refractivity contribution is 5.84. The zero-order chi connectivity index (χ0) is 14.2. The van der Waals surface area contributed by atoms with Gasteiger partial charge in [0, 0.05) is 18.5 Å². The van der Waals surface area contributed by atoms with Crippen LogP contribution in [0.4, 0.5) is 5.82 Å². The van der Waals surface area contributed by atoms with Crippen molar-refractivity contribution < 1.29 is 5.11 Å². The van der Waals surface area contributed by atoms with E-state index >= 15 is 0 Å². The lowest BCUT2D eigenvalue weighted by Gasteiger charge is -2.37. The van der Waals surface area contributed by atoms with Crippen LogP contribution in [0.25, 0.3) is 10.9 Å². The molecule has 0 spiro atoms. The van der Waals surface area contributed by atoms with Crippen molar-refractivity contribution in [1.29, 1.82) is 0 Å². The Bertz CT molecular complexity index is 611. The van der Waals surface area contributed by atoms with Gasteiger partial charge in [0.15, 0.2) is 0 Å². The van der Waals surface area contributed by atoms with E-state index in [0.717, 1.165) is 35.4 Å². The number of anilines is 1. The minimum atomic E-state index is 0.0648. The van der Waals surface area contributed by atoms with Gasteiger partial charge in [-0.3, -0.25) is 0 Å². The summed E-state index contributed by atoms with van der Waals surface area (Å²) in [5.74, 6) is 1.00. The third-order valence-electron chi connectivity index (χ3n) is 4.40. The molecule has 1 fully saturated rings. The Morgan fingerprint density at radius 3 is 2.60 bits per heavy atom. The Morgan fingerprint density at radius 1 is 1.20 bits per heavy atom. The number of fused-ring (bicyclic) bond motifs is 1. The van der Waals surface area contributed by atoms with Crippen LogP contribution >= 0.6 is 0 Å². The molecule has 0 unspecified atom stereocenters. The molecule has 1 N–H and O–H groups in total. The van der Waals surface area contributed by atoms with Crippen molar-refractivity contribution in [3.8, 4) is 0 Å². The lowest BCUT2D eigenvalue weighted by atomic mass is 9.83. The summed E-state index contributed by atoms with van der Waals surface area (Å²) in [6.45, 7) is 6.82. The number of aliphatic hydroxyl groups is 1. The molecule has 1 aromatic carbocycles. The zero-order valence-electron chi connectivity index (χ0n) is 12.3. The molecule has 2 aromatic rings. The molecule has 0 saturated carbocycles. The predicted octanol–water partition coefficient (Wildman–Crippen LogP) is 3.35. The molecule has 20 heavy (non-hydrogen) atoms. The van der Waals surface area contributed by atoms with Gasteiger partial charge >= 0.3 is 0 Å². The highest BCUT2D eigenvalue weighted by Gasteiger charge is 2.26. The summed E-state index contributed by atoms with van der Waals surface area (Å²) in [5, 5.41) is 10.6. The van der Waals surface area contributed by atoms with Gasteiger partial charge in [-0.15, -0.1) is 0 Å². The van der Waals surface area contributed by atoms with Crippen LogP contribution in [0.5, 0.6) is 0 Å². The lowest BCUT2D eigenvalue weighted by molar-refractivity contribution is 0.277. The Hall–Kier alpha value is -1.61. The molecule has 0 atom stereocenters. The number of hydrogen-bond donors (Lipinski definition) is 1. The molecule has 0 aliphatic carbocycles. The third-order valence-corrected chi connectivity index (χ3v) is 4.40. The number of piperidine rings is 1. The first-order valence-electron chi connectivity index (χ1n) is 7.33. The molecular weight excluding hydrogens is 248 g/mol. The van der Waals surface area contributed by atoms with Gasteiger partial charge in [-0.1, -0.05) is 32.0 Å². The van der Waals surface area contributed by atoms with E-state index in [-0.39, 0.29) is 6.61 Å². The first kappa shape index (κ1) is 13.4. The van der Waals surface area contributed by atoms with Crippen LogP contribution in [0.1, 0.15) is 32.3 Å². The molecular formula is C17H22N2O. The van der Waals surface area contributed by atoms with Crippen molar-refractivity contribution >= 4 is 16.7 Å². The maximum absolute atomic E-state index is 9.60. The van der Waals surface area contributed by atoms with Crippen molar-refractivity contribution in [3.05, 3.63) is 35.9 Å². The molecule has 1 aliphatic rings. The normalized spacial score (nSPS) is 18.4. The molecule has 106 valence electrons. The van der Waals surface area contributed by atoms with E-state index in [1.165, 1.54) is 12.8 Å². The maximum atomic E-state index is 9.60. The van der Waals surface area contributed by atoms with Crippen LogP contribution in [0.15, 0.2) is 30.3 Å². The highest BCUT2D eigenvalue weighted by atomic mass is 16.3. The van der Waals surface area contributed by atoms with E-state index < -0.39 is 0 Å². The van der Waals surface area contributed by atoms with Gasteiger partial charge in [-0.25, -0.2) is 4.98 Å². The summed E-state index contributed by atoms with van der Waals surface area (Å²) < 4.78 is 0. The average Bonchev–Trinajstić information content (AvgIpc) is 2.46. The van der Waals surface area contributed by atoms with Crippen molar-refractivity contribution in [2.24, 2.45) is 5.41 Å². The standard InChI is InChI=1S/C17H22N2O/c1-17(2)7-9-19(10-8-17)16-11-13(12-20)14-5-3-4-6-15(14)18-16/h3-6,11,20H,7-10,12H2,1-2H3. The van der Waals surface area contributed by atoms with Gasteiger partial charge in [0.25, 0.3) is 0 Å². The van der Waals surface area contributed by atoms with Crippen LogP contribution < -0.4 is 4.90 Å². The van der Waals surface area contributed by atoms with Crippen LogP contribution in [0.2, 0.25) is 0 Å². The topological polar surface area (TPSA) is 36.4 Å². The first-order chi connectivity index (χ1) is 9.59. The number of rotatable bonds is 2. The number of para-hydroxylation sites is 1.